The first-order chi connectivity index (χ1) is 12.6. The SMILES string of the molecule is CCNC(=NCCc1nc(CC)c(C)s1)N1CCCC(C(=O)OCC)C1. The topological polar surface area (TPSA) is 66.8 Å². The number of rotatable bonds is 7. The molecule has 1 N–H and O–H groups in total. The average Bonchev–Trinajstić information content (AvgIpc) is 3.01. The van der Waals surface area contributed by atoms with E-state index in [1.54, 1.807) is 11.3 Å². The Morgan fingerprint density at radius 1 is 1.42 bits per heavy atom. The largest absolute Gasteiger partial charge is 0.466 e. The van der Waals surface area contributed by atoms with Crippen molar-refractivity contribution in [2.75, 3.05) is 32.8 Å². The highest BCUT2D eigenvalue weighted by molar-refractivity contribution is 7.11. The number of nitrogens with zero attached hydrogens (tertiary/aromatic N) is 3. The van der Waals surface area contributed by atoms with Crippen molar-refractivity contribution in [3.05, 3.63) is 15.6 Å². The summed E-state index contributed by atoms with van der Waals surface area (Å²) in [6, 6.07) is 0. The molecule has 1 aromatic heterocycles. The third-order valence-corrected chi connectivity index (χ3v) is 5.61. The van der Waals surface area contributed by atoms with Crippen molar-refractivity contribution in [2.24, 2.45) is 10.9 Å². The number of guanidine groups is 1. The van der Waals surface area contributed by atoms with Crippen LogP contribution in [-0.4, -0.2) is 54.6 Å². The van der Waals surface area contributed by atoms with Crippen LogP contribution in [0.5, 0.6) is 0 Å². The van der Waals surface area contributed by atoms with E-state index in [0.29, 0.717) is 19.7 Å². The molecule has 0 radical (unpaired) electrons. The first-order valence-electron chi connectivity index (χ1n) is 9.74. The number of aliphatic imine (C=N–C) groups is 1. The molecule has 2 rings (SSSR count). The zero-order chi connectivity index (χ0) is 18.9. The number of carbonyl (C=O) groups is 1. The fourth-order valence-corrected chi connectivity index (χ4v) is 4.24. The van der Waals surface area contributed by atoms with Gasteiger partial charge in [0.05, 0.1) is 23.2 Å². The van der Waals surface area contributed by atoms with E-state index in [9.17, 15) is 4.79 Å². The smallest absolute Gasteiger partial charge is 0.310 e. The van der Waals surface area contributed by atoms with Gasteiger partial charge in [0, 0.05) is 37.5 Å². The van der Waals surface area contributed by atoms with Gasteiger partial charge in [-0.15, -0.1) is 11.3 Å². The molecule has 1 unspecified atom stereocenters. The molecule has 0 saturated carbocycles. The Balaban J connectivity index is 1.97. The van der Waals surface area contributed by atoms with E-state index >= 15 is 0 Å². The van der Waals surface area contributed by atoms with E-state index in [-0.39, 0.29) is 11.9 Å². The average molecular weight is 381 g/mol. The molecule has 0 spiro atoms. The van der Waals surface area contributed by atoms with Gasteiger partial charge in [0.25, 0.3) is 0 Å². The number of piperidine rings is 1. The summed E-state index contributed by atoms with van der Waals surface area (Å²) in [6.45, 7) is 11.8. The van der Waals surface area contributed by atoms with E-state index in [1.165, 1.54) is 10.6 Å². The van der Waals surface area contributed by atoms with Gasteiger partial charge in [0.15, 0.2) is 5.96 Å². The minimum atomic E-state index is -0.0848. The summed E-state index contributed by atoms with van der Waals surface area (Å²) in [5.41, 5.74) is 1.20. The number of hydrogen-bond donors (Lipinski definition) is 1. The van der Waals surface area contributed by atoms with E-state index < -0.39 is 0 Å². The molecule has 146 valence electrons. The number of carbonyl (C=O) groups excluding carboxylic acids is 1. The summed E-state index contributed by atoms with van der Waals surface area (Å²) in [5, 5.41) is 4.52. The normalized spacial score (nSPS) is 18.1. The van der Waals surface area contributed by atoms with Crippen molar-refractivity contribution < 1.29 is 9.53 Å². The molecule has 2 heterocycles. The molecular weight excluding hydrogens is 348 g/mol. The molecular formula is C19H32N4O2S. The van der Waals surface area contributed by atoms with Crippen molar-refractivity contribution in [2.45, 2.75) is 53.4 Å². The van der Waals surface area contributed by atoms with Crippen molar-refractivity contribution in [1.29, 1.82) is 0 Å². The second kappa shape index (κ2) is 10.5. The fourth-order valence-electron chi connectivity index (χ4n) is 3.23. The number of esters is 1. The lowest BCUT2D eigenvalue weighted by molar-refractivity contribution is -0.149. The third kappa shape index (κ3) is 5.69. The highest BCUT2D eigenvalue weighted by Gasteiger charge is 2.28. The number of nitrogens with one attached hydrogen (secondary N) is 1. The zero-order valence-electron chi connectivity index (χ0n) is 16.5. The number of aromatic nitrogens is 1. The lowest BCUT2D eigenvalue weighted by Gasteiger charge is -2.34. The fraction of sp³-hybridized carbons (Fsp3) is 0.737. The van der Waals surface area contributed by atoms with Crippen LogP contribution in [0.2, 0.25) is 0 Å². The summed E-state index contributed by atoms with van der Waals surface area (Å²) in [7, 11) is 0. The third-order valence-electron chi connectivity index (χ3n) is 4.53. The molecule has 1 aliphatic heterocycles. The zero-order valence-corrected chi connectivity index (χ0v) is 17.3. The molecule has 1 saturated heterocycles. The van der Waals surface area contributed by atoms with Gasteiger partial charge in [0.1, 0.15) is 0 Å². The summed E-state index contributed by atoms with van der Waals surface area (Å²) >= 11 is 1.77. The number of hydrogen-bond acceptors (Lipinski definition) is 5. The first-order valence-corrected chi connectivity index (χ1v) is 10.6. The predicted molar refractivity (Wildman–Crippen MR) is 107 cm³/mol. The maximum atomic E-state index is 12.1. The summed E-state index contributed by atoms with van der Waals surface area (Å²) in [6.07, 6.45) is 3.72. The van der Waals surface area contributed by atoms with Gasteiger partial charge in [-0.3, -0.25) is 9.79 Å². The van der Waals surface area contributed by atoms with Gasteiger partial charge in [-0.25, -0.2) is 4.98 Å². The van der Waals surface area contributed by atoms with Crippen LogP contribution in [0.3, 0.4) is 0 Å². The molecule has 1 atom stereocenters. The Kier molecular flexibility index (Phi) is 8.35. The summed E-state index contributed by atoms with van der Waals surface area (Å²) < 4.78 is 5.20. The standard InChI is InChI=1S/C19H32N4O2S/c1-5-16-14(4)26-17(22-16)10-11-21-19(20-6-2)23-12-8-9-15(13-23)18(24)25-7-3/h15H,5-13H2,1-4H3,(H,20,21). The number of ether oxygens (including phenoxy) is 1. The van der Waals surface area contributed by atoms with Crippen LogP contribution in [0, 0.1) is 12.8 Å². The molecule has 26 heavy (non-hydrogen) atoms. The van der Waals surface area contributed by atoms with E-state index in [0.717, 1.165) is 49.7 Å². The molecule has 0 aliphatic carbocycles. The van der Waals surface area contributed by atoms with E-state index in [2.05, 4.69) is 31.0 Å². The van der Waals surface area contributed by atoms with Crippen molar-refractivity contribution in [3.8, 4) is 0 Å². The number of likely N-dealkylation sites (tertiary alicyclic amines) is 1. The molecule has 1 fully saturated rings. The van der Waals surface area contributed by atoms with E-state index in [4.69, 9.17) is 14.7 Å². The Morgan fingerprint density at radius 3 is 2.88 bits per heavy atom. The lowest BCUT2D eigenvalue weighted by Crippen LogP contribution is -2.48. The van der Waals surface area contributed by atoms with Crippen LogP contribution in [0.1, 0.15) is 49.2 Å². The first kappa shape index (κ1) is 20.7. The highest BCUT2D eigenvalue weighted by Crippen LogP contribution is 2.19. The monoisotopic (exact) mass is 380 g/mol. The molecule has 1 aliphatic rings. The number of aryl methyl sites for hydroxylation is 2. The van der Waals surface area contributed by atoms with Crippen LogP contribution >= 0.6 is 11.3 Å². The van der Waals surface area contributed by atoms with Gasteiger partial charge in [-0.2, -0.15) is 0 Å². The molecule has 0 bridgehead atoms. The second-order valence-corrected chi connectivity index (χ2v) is 7.77. The van der Waals surface area contributed by atoms with Crippen LogP contribution in [0.4, 0.5) is 0 Å². The summed E-state index contributed by atoms with van der Waals surface area (Å²) in [4.78, 5) is 25.1. The van der Waals surface area contributed by atoms with Gasteiger partial charge in [-0.05, 0) is 40.0 Å². The van der Waals surface area contributed by atoms with Gasteiger partial charge >= 0.3 is 5.97 Å². The van der Waals surface area contributed by atoms with Crippen LogP contribution in [0.15, 0.2) is 4.99 Å². The summed E-state index contributed by atoms with van der Waals surface area (Å²) in [5.74, 6) is 0.755. The number of thiazole rings is 1. The molecule has 0 aromatic carbocycles. The Morgan fingerprint density at radius 2 is 2.23 bits per heavy atom. The van der Waals surface area contributed by atoms with Crippen LogP contribution in [-0.2, 0) is 22.4 Å². The van der Waals surface area contributed by atoms with Gasteiger partial charge in [-0.1, -0.05) is 6.92 Å². The quantitative estimate of drug-likeness (QED) is 0.448. The minimum absolute atomic E-state index is 0.0544. The Labute approximate surface area is 161 Å². The van der Waals surface area contributed by atoms with Crippen molar-refractivity contribution in [1.82, 2.24) is 15.2 Å². The lowest BCUT2D eigenvalue weighted by atomic mass is 9.98. The molecule has 6 nitrogen and oxygen atoms in total. The van der Waals surface area contributed by atoms with Gasteiger partial charge < -0.3 is 15.0 Å². The molecule has 0 amide bonds. The van der Waals surface area contributed by atoms with Crippen molar-refractivity contribution in [3.63, 3.8) is 0 Å². The predicted octanol–water partition coefficient (Wildman–Crippen LogP) is 2.80. The maximum absolute atomic E-state index is 12.1. The highest BCUT2D eigenvalue weighted by atomic mass is 32.1. The molecule has 1 aromatic rings. The molecule has 7 heteroatoms. The van der Waals surface area contributed by atoms with Crippen molar-refractivity contribution >= 4 is 23.3 Å². The van der Waals surface area contributed by atoms with E-state index in [1.807, 2.05) is 6.92 Å². The van der Waals surface area contributed by atoms with Gasteiger partial charge in [0.2, 0.25) is 0 Å². The Bertz CT molecular complexity index is 615. The Hall–Kier alpha value is -1.63. The second-order valence-electron chi connectivity index (χ2n) is 6.49. The van der Waals surface area contributed by atoms with Crippen LogP contribution < -0.4 is 5.32 Å². The minimum Gasteiger partial charge on any atom is -0.466 e. The maximum Gasteiger partial charge on any atom is 0.310 e. The van der Waals surface area contributed by atoms with Crippen LogP contribution in [0.25, 0.3) is 0 Å².